The molecule has 0 aromatic carbocycles. The van der Waals surface area contributed by atoms with E-state index in [1.54, 1.807) is 0 Å². The van der Waals surface area contributed by atoms with Gasteiger partial charge in [0.25, 0.3) is 0 Å². The van der Waals surface area contributed by atoms with Gasteiger partial charge in [-0.1, -0.05) is 71.1 Å². The molecule has 4 N–H and O–H groups in total. The first-order valence-corrected chi connectivity index (χ1v) is 8.03. The Kier molecular flexibility index (Phi) is 15.3. The number of hydrogen-bond donors (Lipinski definition) is 2. The van der Waals surface area contributed by atoms with E-state index in [1.807, 2.05) is 13.8 Å². The van der Waals surface area contributed by atoms with Gasteiger partial charge in [-0.3, -0.25) is 0 Å². The van der Waals surface area contributed by atoms with Gasteiger partial charge in [-0.15, -0.1) is 17.0 Å². The van der Waals surface area contributed by atoms with E-state index in [1.165, 1.54) is 64.2 Å². The van der Waals surface area contributed by atoms with Crippen LogP contribution in [0.5, 0.6) is 0 Å². The molecule has 1 atom stereocenters. The van der Waals surface area contributed by atoms with Crippen LogP contribution in [-0.2, 0) is 0 Å². The Morgan fingerprint density at radius 3 is 1.53 bits per heavy atom. The van der Waals surface area contributed by atoms with Crippen molar-refractivity contribution in [1.29, 1.82) is 0 Å². The third-order valence-corrected chi connectivity index (χ3v) is 3.82. The third-order valence-electron chi connectivity index (χ3n) is 3.82. The maximum atomic E-state index is 6.03. The van der Waals surface area contributed by atoms with Crippen molar-refractivity contribution in [2.24, 2.45) is 11.5 Å². The minimum atomic E-state index is -0.223. The molecule has 2 nitrogen and oxygen atoms in total. The maximum Gasteiger partial charge on any atom is 0.0250 e. The Bertz CT molecular complexity index is 178. The molecule has 0 bridgehead atoms. The molecule has 0 aliphatic heterocycles. The summed E-state index contributed by atoms with van der Waals surface area (Å²) in [5.41, 5.74) is 11.8. The van der Waals surface area contributed by atoms with Crippen LogP contribution in [0.15, 0.2) is 0 Å². The van der Waals surface area contributed by atoms with E-state index in [0.29, 0.717) is 0 Å². The van der Waals surface area contributed by atoms with Gasteiger partial charge >= 0.3 is 0 Å². The van der Waals surface area contributed by atoms with Crippen molar-refractivity contribution < 1.29 is 0 Å². The minimum Gasteiger partial charge on any atom is -0.326 e. The van der Waals surface area contributed by atoms with Crippen LogP contribution >= 0.6 is 17.0 Å². The second kappa shape index (κ2) is 13.4. The molecule has 0 aromatic rings. The van der Waals surface area contributed by atoms with Crippen LogP contribution in [0.4, 0.5) is 0 Å². The summed E-state index contributed by atoms with van der Waals surface area (Å²) in [6, 6.07) is 0.145. The van der Waals surface area contributed by atoms with Gasteiger partial charge in [-0.05, 0) is 20.3 Å². The SMILES string of the molecule is Br.CCCCCCCCCCCCC(N)C(C)(C)N. The van der Waals surface area contributed by atoms with E-state index in [-0.39, 0.29) is 28.6 Å². The van der Waals surface area contributed by atoms with Crippen LogP contribution < -0.4 is 11.5 Å². The molecule has 0 heterocycles. The molecule has 0 aromatic heterocycles. The molecule has 3 heteroatoms. The molecular weight excluding hydrogens is 300 g/mol. The number of unbranched alkanes of at least 4 members (excludes halogenated alkanes) is 9. The molecule has 0 saturated heterocycles. The van der Waals surface area contributed by atoms with Gasteiger partial charge in [-0.25, -0.2) is 0 Å². The van der Waals surface area contributed by atoms with Crippen LogP contribution in [-0.4, -0.2) is 11.6 Å². The van der Waals surface area contributed by atoms with Crippen molar-refractivity contribution in [3.05, 3.63) is 0 Å². The molecule has 19 heavy (non-hydrogen) atoms. The quantitative estimate of drug-likeness (QED) is 0.496. The molecule has 0 spiro atoms. The second-order valence-corrected chi connectivity index (χ2v) is 6.40. The predicted molar refractivity (Wildman–Crippen MR) is 93.0 cm³/mol. The smallest absolute Gasteiger partial charge is 0.0250 e. The summed E-state index contributed by atoms with van der Waals surface area (Å²) in [7, 11) is 0. The summed E-state index contributed by atoms with van der Waals surface area (Å²) in [6.45, 7) is 6.31. The fourth-order valence-electron chi connectivity index (χ4n) is 2.22. The Hall–Kier alpha value is 0.400. The van der Waals surface area contributed by atoms with Crippen molar-refractivity contribution >= 4 is 17.0 Å². The van der Waals surface area contributed by atoms with Gasteiger partial charge in [0.2, 0.25) is 0 Å². The first kappa shape index (κ1) is 21.7. The molecule has 0 aliphatic rings. The lowest BCUT2D eigenvalue weighted by molar-refractivity contribution is 0.376. The average molecular weight is 337 g/mol. The Labute approximate surface area is 131 Å². The number of nitrogens with two attached hydrogens (primary N) is 2. The van der Waals surface area contributed by atoms with Gasteiger partial charge in [0.15, 0.2) is 0 Å². The molecule has 0 aliphatic carbocycles. The van der Waals surface area contributed by atoms with Crippen LogP contribution in [0.3, 0.4) is 0 Å². The highest BCUT2D eigenvalue weighted by molar-refractivity contribution is 8.93. The van der Waals surface area contributed by atoms with Crippen molar-refractivity contribution in [3.63, 3.8) is 0 Å². The second-order valence-electron chi connectivity index (χ2n) is 6.40. The first-order valence-electron chi connectivity index (χ1n) is 8.03. The van der Waals surface area contributed by atoms with Gasteiger partial charge < -0.3 is 11.5 Å². The number of hydrogen-bond acceptors (Lipinski definition) is 2. The lowest BCUT2D eigenvalue weighted by Gasteiger charge is -2.26. The van der Waals surface area contributed by atoms with Crippen molar-refractivity contribution in [3.8, 4) is 0 Å². The summed E-state index contributed by atoms with van der Waals surface area (Å²) < 4.78 is 0. The average Bonchev–Trinajstić information content (AvgIpc) is 2.30. The van der Waals surface area contributed by atoms with E-state index >= 15 is 0 Å². The largest absolute Gasteiger partial charge is 0.326 e. The Morgan fingerprint density at radius 1 is 0.789 bits per heavy atom. The van der Waals surface area contributed by atoms with Crippen molar-refractivity contribution in [2.45, 2.75) is 103 Å². The molecule has 0 fully saturated rings. The standard InChI is InChI=1S/C16H36N2.BrH/c1-4-5-6-7-8-9-10-11-12-13-14-15(17)16(2,3)18;/h15H,4-14,17-18H2,1-3H3;1H. The van der Waals surface area contributed by atoms with Crippen LogP contribution in [0.1, 0.15) is 91.4 Å². The molecular formula is C16H37BrN2. The van der Waals surface area contributed by atoms with E-state index < -0.39 is 0 Å². The highest BCUT2D eigenvalue weighted by atomic mass is 79.9. The third kappa shape index (κ3) is 14.6. The summed E-state index contributed by atoms with van der Waals surface area (Å²) >= 11 is 0. The maximum absolute atomic E-state index is 6.03. The van der Waals surface area contributed by atoms with Crippen LogP contribution in [0, 0.1) is 0 Å². The lowest BCUT2D eigenvalue weighted by Crippen LogP contribution is -2.50. The fourth-order valence-corrected chi connectivity index (χ4v) is 2.22. The lowest BCUT2D eigenvalue weighted by atomic mass is 9.92. The van der Waals surface area contributed by atoms with Crippen LogP contribution in [0.2, 0.25) is 0 Å². The van der Waals surface area contributed by atoms with Gasteiger partial charge in [-0.2, -0.15) is 0 Å². The molecule has 0 rings (SSSR count). The summed E-state index contributed by atoms with van der Waals surface area (Å²) in [5, 5.41) is 0. The van der Waals surface area contributed by atoms with E-state index in [9.17, 15) is 0 Å². The minimum absolute atomic E-state index is 0. The zero-order valence-corrected chi connectivity index (χ0v) is 15.1. The molecule has 118 valence electrons. The zero-order chi connectivity index (χ0) is 13.9. The van der Waals surface area contributed by atoms with Crippen molar-refractivity contribution in [2.75, 3.05) is 0 Å². The Morgan fingerprint density at radius 2 is 1.16 bits per heavy atom. The first-order chi connectivity index (χ1) is 8.48. The molecule has 0 saturated carbocycles. The van der Waals surface area contributed by atoms with E-state index in [2.05, 4.69) is 6.92 Å². The molecule has 0 radical (unpaired) electrons. The molecule has 1 unspecified atom stereocenters. The van der Waals surface area contributed by atoms with Crippen molar-refractivity contribution in [1.82, 2.24) is 0 Å². The summed E-state index contributed by atoms with van der Waals surface area (Å²) in [6.07, 6.45) is 14.8. The topological polar surface area (TPSA) is 52.0 Å². The number of halogens is 1. The van der Waals surface area contributed by atoms with Crippen LogP contribution in [0.25, 0.3) is 0 Å². The number of rotatable bonds is 12. The van der Waals surface area contributed by atoms with Gasteiger partial charge in [0, 0.05) is 11.6 Å². The highest BCUT2D eigenvalue weighted by Crippen LogP contribution is 2.14. The highest BCUT2D eigenvalue weighted by Gasteiger charge is 2.19. The summed E-state index contributed by atoms with van der Waals surface area (Å²) in [4.78, 5) is 0. The summed E-state index contributed by atoms with van der Waals surface area (Å²) in [5.74, 6) is 0. The monoisotopic (exact) mass is 336 g/mol. The fraction of sp³-hybridized carbons (Fsp3) is 1.00. The zero-order valence-electron chi connectivity index (χ0n) is 13.4. The van der Waals surface area contributed by atoms with E-state index in [4.69, 9.17) is 11.5 Å². The van der Waals surface area contributed by atoms with Gasteiger partial charge in [0.1, 0.15) is 0 Å². The van der Waals surface area contributed by atoms with Gasteiger partial charge in [0.05, 0.1) is 0 Å². The normalized spacial score (nSPS) is 13.1. The Balaban J connectivity index is 0. The van der Waals surface area contributed by atoms with E-state index in [0.717, 1.165) is 6.42 Å². The predicted octanol–water partition coefficient (Wildman–Crippen LogP) is 4.94. The molecule has 0 amide bonds.